The lowest BCUT2D eigenvalue weighted by Gasteiger charge is -2.35. The van der Waals surface area contributed by atoms with E-state index >= 15 is 0 Å². The number of aromatic nitrogens is 3. The molecule has 1 amide bonds. The van der Waals surface area contributed by atoms with Gasteiger partial charge in [0.2, 0.25) is 5.91 Å². The molecule has 1 aliphatic heterocycles. The number of ether oxygens (including phenoxy) is 2. The molecule has 10 heteroatoms. The van der Waals surface area contributed by atoms with E-state index < -0.39 is 0 Å². The van der Waals surface area contributed by atoms with Gasteiger partial charge in [-0.3, -0.25) is 19.4 Å². The van der Waals surface area contributed by atoms with E-state index in [1.807, 2.05) is 46.7 Å². The normalized spacial score (nSPS) is 14.2. The number of hydrogen-bond acceptors (Lipinski definition) is 6. The van der Waals surface area contributed by atoms with Gasteiger partial charge in [-0.2, -0.15) is 5.10 Å². The third-order valence-corrected chi connectivity index (χ3v) is 6.39. The molecule has 4 rings (SSSR count). The van der Waals surface area contributed by atoms with E-state index in [-0.39, 0.29) is 17.5 Å². The number of amides is 1. The first-order valence-electron chi connectivity index (χ1n) is 11.7. The zero-order chi connectivity index (χ0) is 24.8. The number of nitrogens with one attached hydrogen (secondary N) is 1. The summed E-state index contributed by atoms with van der Waals surface area (Å²) in [5.74, 6) is 1.46. The Morgan fingerprint density at radius 3 is 2.54 bits per heavy atom. The van der Waals surface area contributed by atoms with Crippen molar-refractivity contribution < 1.29 is 18.7 Å². The average molecular weight is 500 g/mol. The molecule has 0 atom stereocenters. The summed E-state index contributed by atoms with van der Waals surface area (Å²) in [6.45, 7) is 6.39. The van der Waals surface area contributed by atoms with Crippen LogP contribution < -0.4 is 9.47 Å². The minimum atomic E-state index is -0.360. The van der Waals surface area contributed by atoms with E-state index in [1.165, 1.54) is 13.2 Å². The molecule has 35 heavy (non-hydrogen) atoms. The predicted octanol–water partition coefficient (Wildman–Crippen LogP) is 3.89. The Kier molecular flexibility index (Phi) is 8.14. The zero-order valence-electron chi connectivity index (χ0n) is 20.0. The smallest absolute Gasteiger partial charge is 0.224 e. The lowest BCUT2D eigenvalue weighted by molar-refractivity contribution is -0.133. The molecule has 3 aromatic rings. The van der Waals surface area contributed by atoms with Crippen LogP contribution in [0.2, 0.25) is 0 Å². The quantitative estimate of drug-likeness (QED) is 0.451. The zero-order valence-corrected chi connectivity index (χ0v) is 20.8. The van der Waals surface area contributed by atoms with E-state index in [4.69, 9.17) is 21.7 Å². The van der Waals surface area contributed by atoms with Crippen molar-refractivity contribution in [1.82, 2.24) is 24.6 Å². The summed E-state index contributed by atoms with van der Waals surface area (Å²) in [5.41, 5.74) is 1.79. The van der Waals surface area contributed by atoms with Crippen molar-refractivity contribution in [3.8, 4) is 22.9 Å². The molecule has 0 bridgehead atoms. The Labute approximate surface area is 209 Å². The molecule has 0 spiro atoms. The van der Waals surface area contributed by atoms with Crippen molar-refractivity contribution in [2.75, 3.05) is 39.9 Å². The Bertz CT molecular complexity index is 1200. The summed E-state index contributed by atoms with van der Waals surface area (Å²) in [7, 11) is 1.45. The summed E-state index contributed by atoms with van der Waals surface area (Å²) in [6, 6.07) is 12.7. The number of hydrogen-bond donors (Lipinski definition) is 1. The van der Waals surface area contributed by atoms with Crippen LogP contribution in [0.3, 0.4) is 0 Å². The Morgan fingerprint density at radius 2 is 1.89 bits per heavy atom. The number of halogens is 1. The molecule has 1 aromatic heterocycles. The van der Waals surface area contributed by atoms with Crippen LogP contribution in [0.25, 0.3) is 11.4 Å². The molecular weight excluding hydrogens is 469 g/mol. The molecule has 2 aromatic carbocycles. The van der Waals surface area contributed by atoms with Gasteiger partial charge in [0, 0.05) is 51.3 Å². The summed E-state index contributed by atoms with van der Waals surface area (Å²) < 4.78 is 26.8. The number of rotatable bonds is 9. The first-order chi connectivity index (χ1) is 17.0. The third kappa shape index (κ3) is 6.07. The van der Waals surface area contributed by atoms with Gasteiger partial charge >= 0.3 is 0 Å². The third-order valence-electron chi connectivity index (χ3n) is 6.08. The summed E-state index contributed by atoms with van der Waals surface area (Å²) in [6.07, 6.45) is 0.335. The van der Waals surface area contributed by atoms with Crippen molar-refractivity contribution in [2.24, 2.45) is 0 Å². The largest absolute Gasteiger partial charge is 0.494 e. The molecule has 1 saturated heterocycles. The minimum Gasteiger partial charge on any atom is -0.494 e. The van der Waals surface area contributed by atoms with Crippen molar-refractivity contribution >= 4 is 18.1 Å². The number of carbonyl (C=O) groups is 1. The SMILES string of the molecule is CCOc1ccc(-c2n[nH]c(=S)n2CCC(=O)N2CCN(Cc3ccc(OC)c(F)c3)CC2)cc1. The second-order valence-corrected chi connectivity index (χ2v) is 8.72. The van der Waals surface area contributed by atoms with Crippen LogP contribution in [0.5, 0.6) is 11.5 Å². The van der Waals surface area contributed by atoms with Gasteiger partial charge in [-0.25, -0.2) is 4.39 Å². The molecule has 2 heterocycles. The van der Waals surface area contributed by atoms with Gasteiger partial charge < -0.3 is 14.4 Å². The van der Waals surface area contributed by atoms with Gasteiger partial charge in [-0.05, 0) is 61.1 Å². The molecule has 0 aliphatic carbocycles. The van der Waals surface area contributed by atoms with Crippen molar-refractivity contribution in [2.45, 2.75) is 26.4 Å². The van der Waals surface area contributed by atoms with E-state index in [2.05, 4.69) is 15.1 Å². The number of H-pyrrole nitrogens is 1. The number of carbonyl (C=O) groups excluding carboxylic acids is 1. The lowest BCUT2D eigenvalue weighted by Crippen LogP contribution is -2.48. The fourth-order valence-corrected chi connectivity index (χ4v) is 4.42. The highest BCUT2D eigenvalue weighted by molar-refractivity contribution is 7.71. The van der Waals surface area contributed by atoms with Gasteiger partial charge in [0.1, 0.15) is 5.75 Å². The molecule has 8 nitrogen and oxygen atoms in total. The molecule has 1 aliphatic rings. The lowest BCUT2D eigenvalue weighted by atomic mass is 10.1. The van der Waals surface area contributed by atoms with Crippen molar-refractivity contribution in [1.29, 1.82) is 0 Å². The van der Waals surface area contributed by atoms with E-state index in [9.17, 15) is 9.18 Å². The molecule has 186 valence electrons. The minimum absolute atomic E-state index is 0.0842. The Morgan fingerprint density at radius 1 is 1.14 bits per heavy atom. The number of methoxy groups -OCH3 is 1. The van der Waals surface area contributed by atoms with Gasteiger partial charge in [-0.15, -0.1) is 0 Å². The van der Waals surface area contributed by atoms with E-state index in [1.54, 1.807) is 6.07 Å². The van der Waals surface area contributed by atoms with Crippen LogP contribution in [0, 0.1) is 10.6 Å². The summed E-state index contributed by atoms with van der Waals surface area (Å²) in [4.78, 5) is 17.0. The van der Waals surface area contributed by atoms with Crippen LogP contribution in [0.1, 0.15) is 18.9 Å². The van der Waals surface area contributed by atoms with Gasteiger partial charge in [0.15, 0.2) is 22.2 Å². The van der Waals surface area contributed by atoms with Gasteiger partial charge in [0.25, 0.3) is 0 Å². The van der Waals surface area contributed by atoms with Crippen LogP contribution in [-0.2, 0) is 17.9 Å². The Balaban J connectivity index is 1.30. The standard InChI is InChI=1S/C25H30FN5O3S/c1-3-34-20-7-5-19(6-8-20)24-27-28-25(35)31(24)11-10-23(32)30-14-12-29(13-15-30)17-18-4-9-22(33-2)21(26)16-18/h4-9,16H,3,10-15,17H2,1-2H3,(H,28,35). The highest BCUT2D eigenvalue weighted by Crippen LogP contribution is 2.22. The van der Waals surface area contributed by atoms with Crippen LogP contribution >= 0.6 is 12.2 Å². The van der Waals surface area contributed by atoms with E-state index in [0.717, 1.165) is 30.0 Å². The Hall–Kier alpha value is -3.24. The maximum atomic E-state index is 14.0. The fraction of sp³-hybridized carbons (Fsp3) is 0.400. The maximum Gasteiger partial charge on any atom is 0.224 e. The topological polar surface area (TPSA) is 75.6 Å². The average Bonchev–Trinajstić information content (AvgIpc) is 3.24. The number of benzene rings is 2. The molecular formula is C25H30FN5O3S. The number of piperazine rings is 1. The van der Waals surface area contributed by atoms with Crippen LogP contribution in [-0.4, -0.2) is 70.4 Å². The monoisotopic (exact) mass is 499 g/mol. The molecule has 0 unspecified atom stereocenters. The first kappa shape index (κ1) is 24.9. The van der Waals surface area contributed by atoms with Gasteiger partial charge in [-0.1, -0.05) is 6.07 Å². The molecule has 1 N–H and O–H groups in total. The van der Waals surface area contributed by atoms with Crippen molar-refractivity contribution in [3.05, 3.63) is 58.6 Å². The van der Waals surface area contributed by atoms with Crippen molar-refractivity contribution in [3.63, 3.8) is 0 Å². The second-order valence-electron chi connectivity index (χ2n) is 8.34. The maximum absolute atomic E-state index is 14.0. The first-order valence-corrected chi connectivity index (χ1v) is 12.1. The van der Waals surface area contributed by atoms with Gasteiger partial charge in [0.05, 0.1) is 13.7 Å². The summed E-state index contributed by atoms with van der Waals surface area (Å²) >= 11 is 5.41. The predicted molar refractivity (Wildman–Crippen MR) is 133 cm³/mol. The highest BCUT2D eigenvalue weighted by atomic mass is 32.1. The molecule has 1 fully saturated rings. The van der Waals surface area contributed by atoms with Crippen LogP contribution in [0.15, 0.2) is 42.5 Å². The number of aromatic amines is 1. The number of nitrogens with zero attached hydrogens (tertiary/aromatic N) is 4. The molecule has 0 radical (unpaired) electrons. The second kappa shape index (κ2) is 11.5. The fourth-order valence-electron chi connectivity index (χ4n) is 4.20. The summed E-state index contributed by atoms with van der Waals surface area (Å²) in [5, 5.41) is 7.20. The molecule has 0 saturated carbocycles. The van der Waals surface area contributed by atoms with Crippen LogP contribution in [0.4, 0.5) is 4.39 Å². The highest BCUT2D eigenvalue weighted by Gasteiger charge is 2.22. The van der Waals surface area contributed by atoms with E-state index in [0.29, 0.717) is 49.8 Å².